The first-order valence-corrected chi connectivity index (χ1v) is 8.91. The molecule has 1 aliphatic rings. The molecule has 0 bridgehead atoms. The zero-order chi connectivity index (χ0) is 16.3. The second-order valence-corrected chi connectivity index (χ2v) is 7.69. The summed E-state index contributed by atoms with van der Waals surface area (Å²) in [6.45, 7) is 1.85. The quantitative estimate of drug-likeness (QED) is 0.641. The van der Waals surface area contributed by atoms with E-state index in [0.29, 0.717) is 30.4 Å². The molecule has 0 aliphatic heterocycles. The van der Waals surface area contributed by atoms with Crippen LogP contribution in [0.15, 0.2) is 28.1 Å². The van der Waals surface area contributed by atoms with Crippen molar-refractivity contribution in [2.45, 2.75) is 49.2 Å². The summed E-state index contributed by atoms with van der Waals surface area (Å²) in [5.74, 6) is -0.864. The van der Waals surface area contributed by atoms with Gasteiger partial charge in [-0.15, -0.1) is 0 Å². The lowest BCUT2D eigenvalue weighted by atomic mass is 10.1. The Hall–Kier alpha value is -1.89. The van der Waals surface area contributed by atoms with Gasteiger partial charge in [-0.25, -0.2) is 8.42 Å². The molecule has 1 aromatic rings. The lowest BCUT2D eigenvalue weighted by Crippen LogP contribution is -2.24. The molecular weight excluding hydrogens is 302 g/mol. The molecule has 0 atom stereocenters. The van der Waals surface area contributed by atoms with Gasteiger partial charge in [0.2, 0.25) is 0 Å². The molecule has 22 heavy (non-hydrogen) atoms. The van der Waals surface area contributed by atoms with E-state index in [1.165, 1.54) is 12.1 Å². The number of aliphatic imine (C=N–C) groups is 1. The Morgan fingerprint density at radius 2 is 1.91 bits per heavy atom. The van der Waals surface area contributed by atoms with Crippen molar-refractivity contribution in [1.29, 1.82) is 0 Å². The first kappa shape index (κ1) is 16.5. The first-order valence-electron chi connectivity index (χ1n) is 7.37. The molecule has 0 spiro atoms. The number of hydrogen-bond acceptors (Lipinski definition) is 3. The molecule has 1 aliphatic carbocycles. The SMILES string of the molecule is CCc1cc(S(=O)(=O)C2CCCC2)ccc1C(=O)N=C(N)N. The van der Waals surface area contributed by atoms with E-state index in [4.69, 9.17) is 11.5 Å². The maximum atomic E-state index is 12.6. The zero-order valence-corrected chi connectivity index (χ0v) is 13.4. The number of benzene rings is 1. The maximum absolute atomic E-state index is 12.6. The molecule has 1 fully saturated rings. The highest BCUT2D eigenvalue weighted by atomic mass is 32.2. The molecule has 2 rings (SSSR count). The minimum absolute atomic E-state index is 0.275. The van der Waals surface area contributed by atoms with Gasteiger partial charge in [0, 0.05) is 5.56 Å². The number of hydrogen-bond donors (Lipinski definition) is 2. The topological polar surface area (TPSA) is 116 Å². The third kappa shape index (κ3) is 3.30. The summed E-state index contributed by atoms with van der Waals surface area (Å²) in [6, 6.07) is 4.54. The maximum Gasteiger partial charge on any atom is 0.280 e. The predicted molar refractivity (Wildman–Crippen MR) is 85.4 cm³/mol. The Morgan fingerprint density at radius 3 is 2.45 bits per heavy atom. The molecule has 0 radical (unpaired) electrons. The van der Waals surface area contributed by atoms with Crippen molar-refractivity contribution < 1.29 is 13.2 Å². The van der Waals surface area contributed by atoms with Crippen LogP contribution >= 0.6 is 0 Å². The molecule has 7 heteroatoms. The lowest BCUT2D eigenvalue weighted by Gasteiger charge is -2.13. The van der Waals surface area contributed by atoms with Crippen molar-refractivity contribution in [1.82, 2.24) is 0 Å². The van der Waals surface area contributed by atoms with E-state index >= 15 is 0 Å². The molecule has 0 heterocycles. The number of sulfone groups is 1. The Labute approximate surface area is 130 Å². The number of nitrogens with zero attached hydrogens (tertiary/aromatic N) is 1. The second-order valence-electron chi connectivity index (χ2n) is 5.47. The number of carbonyl (C=O) groups is 1. The van der Waals surface area contributed by atoms with Crippen LogP contribution in [0.5, 0.6) is 0 Å². The largest absolute Gasteiger partial charge is 0.370 e. The summed E-state index contributed by atoms with van der Waals surface area (Å²) < 4.78 is 25.2. The highest BCUT2D eigenvalue weighted by Gasteiger charge is 2.30. The molecule has 1 aromatic carbocycles. The normalized spacial score (nSPS) is 15.7. The van der Waals surface area contributed by atoms with Crippen LogP contribution in [0.25, 0.3) is 0 Å². The summed E-state index contributed by atoms with van der Waals surface area (Å²) in [6.07, 6.45) is 3.84. The Bertz CT molecular complexity index is 701. The Kier molecular flexibility index (Phi) is 4.85. The molecule has 120 valence electrons. The molecular formula is C15H21N3O3S. The van der Waals surface area contributed by atoms with Crippen LogP contribution in [-0.2, 0) is 16.3 Å². The van der Waals surface area contributed by atoms with Crippen molar-refractivity contribution >= 4 is 21.7 Å². The van der Waals surface area contributed by atoms with E-state index in [1.54, 1.807) is 6.07 Å². The molecule has 0 aromatic heterocycles. The number of carbonyl (C=O) groups excluding carboxylic acids is 1. The van der Waals surface area contributed by atoms with E-state index in [2.05, 4.69) is 4.99 Å². The van der Waals surface area contributed by atoms with Crippen LogP contribution in [0, 0.1) is 0 Å². The standard InChI is InChI=1S/C15H21N3O3S/c1-2-10-9-12(22(20,21)11-5-3-4-6-11)7-8-13(10)14(19)18-15(16)17/h7-9,11H,2-6H2,1H3,(H4,16,17,18,19). The Morgan fingerprint density at radius 1 is 1.27 bits per heavy atom. The van der Waals surface area contributed by atoms with Crippen molar-refractivity contribution in [2.75, 3.05) is 0 Å². The van der Waals surface area contributed by atoms with Crippen molar-refractivity contribution in [3.05, 3.63) is 29.3 Å². The van der Waals surface area contributed by atoms with Gasteiger partial charge in [0.25, 0.3) is 5.91 Å². The predicted octanol–water partition coefficient (Wildman–Crippen LogP) is 1.38. The number of amides is 1. The number of nitrogens with two attached hydrogens (primary N) is 2. The number of rotatable bonds is 4. The van der Waals surface area contributed by atoms with Crippen LogP contribution in [0.1, 0.15) is 48.5 Å². The molecule has 0 unspecified atom stereocenters. The fourth-order valence-corrected chi connectivity index (χ4v) is 4.72. The van der Waals surface area contributed by atoms with Crippen molar-refractivity contribution in [3.63, 3.8) is 0 Å². The van der Waals surface area contributed by atoms with Crippen LogP contribution in [0.4, 0.5) is 0 Å². The summed E-state index contributed by atoms with van der Waals surface area (Å²) >= 11 is 0. The van der Waals surface area contributed by atoms with Crippen LogP contribution < -0.4 is 11.5 Å². The Balaban J connectivity index is 2.41. The van der Waals surface area contributed by atoms with Gasteiger partial charge in [-0.3, -0.25) is 4.79 Å². The summed E-state index contributed by atoms with van der Waals surface area (Å²) in [7, 11) is -3.33. The average molecular weight is 323 g/mol. The molecule has 0 saturated heterocycles. The van der Waals surface area contributed by atoms with E-state index < -0.39 is 15.7 Å². The number of guanidine groups is 1. The van der Waals surface area contributed by atoms with Gasteiger partial charge < -0.3 is 11.5 Å². The third-order valence-corrected chi connectivity index (χ3v) is 6.25. The van der Waals surface area contributed by atoms with Gasteiger partial charge in [-0.2, -0.15) is 4.99 Å². The van der Waals surface area contributed by atoms with Crippen LogP contribution in [0.2, 0.25) is 0 Å². The molecule has 1 amide bonds. The third-order valence-electron chi connectivity index (χ3n) is 3.99. The summed E-state index contributed by atoms with van der Waals surface area (Å²) in [4.78, 5) is 15.7. The zero-order valence-electron chi connectivity index (χ0n) is 12.6. The molecule has 1 saturated carbocycles. The minimum atomic E-state index is -3.33. The number of aryl methyl sites for hydroxylation is 1. The van der Waals surface area contributed by atoms with Crippen molar-refractivity contribution in [2.24, 2.45) is 16.5 Å². The van der Waals surface area contributed by atoms with Crippen LogP contribution in [-0.4, -0.2) is 25.5 Å². The van der Waals surface area contributed by atoms with E-state index in [9.17, 15) is 13.2 Å². The van der Waals surface area contributed by atoms with Crippen LogP contribution in [0.3, 0.4) is 0 Å². The van der Waals surface area contributed by atoms with Crippen molar-refractivity contribution in [3.8, 4) is 0 Å². The van der Waals surface area contributed by atoms with Gasteiger partial charge in [0.05, 0.1) is 10.1 Å². The highest BCUT2D eigenvalue weighted by Crippen LogP contribution is 2.30. The smallest absolute Gasteiger partial charge is 0.280 e. The average Bonchev–Trinajstić information content (AvgIpc) is 3.00. The fraction of sp³-hybridized carbons (Fsp3) is 0.467. The van der Waals surface area contributed by atoms with Gasteiger partial charge >= 0.3 is 0 Å². The van der Waals surface area contributed by atoms with Gasteiger partial charge in [-0.05, 0) is 43.0 Å². The molecule has 4 N–H and O–H groups in total. The molecule has 6 nitrogen and oxygen atoms in total. The van der Waals surface area contributed by atoms with E-state index in [1.807, 2.05) is 6.92 Å². The summed E-state index contributed by atoms with van der Waals surface area (Å²) in [5.41, 5.74) is 11.4. The van der Waals surface area contributed by atoms with Gasteiger partial charge in [0.15, 0.2) is 15.8 Å². The fourth-order valence-electron chi connectivity index (χ4n) is 2.82. The van der Waals surface area contributed by atoms with Gasteiger partial charge in [0.1, 0.15) is 0 Å². The van der Waals surface area contributed by atoms with E-state index in [0.717, 1.165) is 12.8 Å². The first-order chi connectivity index (χ1) is 10.4. The monoisotopic (exact) mass is 323 g/mol. The summed E-state index contributed by atoms with van der Waals surface area (Å²) in [5, 5.41) is -0.309. The lowest BCUT2D eigenvalue weighted by molar-refractivity contribution is 0.100. The van der Waals surface area contributed by atoms with Gasteiger partial charge in [-0.1, -0.05) is 19.8 Å². The second kappa shape index (κ2) is 6.48. The highest BCUT2D eigenvalue weighted by molar-refractivity contribution is 7.92. The minimum Gasteiger partial charge on any atom is -0.370 e. The van der Waals surface area contributed by atoms with E-state index in [-0.39, 0.29) is 16.1 Å².